The van der Waals surface area contributed by atoms with Gasteiger partial charge in [0.1, 0.15) is 11.2 Å². The van der Waals surface area contributed by atoms with Gasteiger partial charge in [-0.25, -0.2) is 4.79 Å². The fraction of sp³-hybridized carbons (Fsp3) is 0.400. The maximum atomic E-state index is 13.8. The quantitative estimate of drug-likeness (QED) is 0.300. The molecule has 4 aromatic rings. The van der Waals surface area contributed by atoms with Crippen molar-refractivity contribution in [2.45, 2.75) is 62.9 Å². The number of halogens is 3. The second-order valence-corrected chi connectivity index (χ2v) is 12.2. The molecule has 8 nitrogen and oxygen atoms in total. The molecule has 0 saturated heterocycles. The van der Waals surface area contributed by atoms with Gasteiger partial charge in [0.05, 0.1) is 20.7 Å². The van der Waals surface area contributed by atoms with E-state index in [0.29, 0.717) is 5.16 Å². The lowest BCUT2D eigenvalue weighted by molar-refractivity contribution is -0.137. The van der Waals surface area contributed by atoms with E-state index in [4.69, 9.17) is 0 Å². The molecule has 0 aliphatic heterocycles. The molecule has 0 unspecified atom stereocenters. The minimum Gasteiger partial charge on any atom is -0.303 e. The Morgan fingerprint density at radius 2 is 1.79 bits per heavy atom. The molecule has 0 atom stereocenters. The van der Waals surface area contributed by atoms with Crippen molar-refractivity contribution in [3.05, 3.63) is 67.4 Å². The Bertz CT molecular complexity index is 1660. The van der Waals surface area contributed by atoms with Crippen molar-refractivity contribution in [1.29, 1.82) is 0 Å². The molecule has 0 bridgehead atoms. The van der Waals surface area contributed by atoms with Crippen molar-refractivity contribution in [1.82, 2.24) is 23.9 Å². The number of rotatable bonds is 6. The van der Waals surface area contributed by atoms with Gasteiger partial charge in [-0.05, 0) is 44.5 Å². The first-order valence-electron chi connectivity index (χ1n) is 11.7. The third kappa shape index (κ3) is 4.96. The van der Waals surface area contributed by atoms with Crippen LogP contribution in [0, 0.1) is 5.92 Å². The second-order valence-electron chi connectivity index (χ2n) is 10.2. The van der Waals surface area contributed by atoms with Gasteiger partial charge in [-0.1, -0.05) is 32.0 Å². The van der Waals surface area contributed by atoms with Crippen molar-refractivity contribution >= 4 is 39.1 Å². The maximum absolute atomic E-state index is 13.8. The highest BCUT2D eigenvalue weighted by atomic mass is 32.2. The van der Waals surface area contributed by atoms with E-state index in [1.807, 2.05) is 34.6 Å². The smallest absolute Gasteiger partial charge is 0.303 e. The topological polar surface area (TPSA) is 91.8 Å². The lowest BCUT2D eigenvalue weighted by atomic mass is 10.0. The van der Waals surface area contributed by atoms with Crippen molar-refractivity contribution < 1.29 is 18.0 Å². The Kier molecular flexibility index (Phi) is 7.21. The first kappa shape index (κ1) is 27.8. The van der Waals surface area contributed by atoms with Gasteiger partial charge in [0.15, 0.2) is 5.16 Å². The predicted molar refractivity (Wildman–Crippen MR) is 140 cm³/mol. The van der Waals surface area contributed by atoms with Crippen LogP contribution in [0.1, 0.15) is 55.4 Å². The summed E-state index contributed by atoms with van der Waals surface area (Å²) < 4.78 is 45.6. The molecule has 13 heteroatoms. The molecule has 0 spiro atoms. The number of hydrogen-bond acceptors (Lipinski definition) is 7. The number of alkyl halides is 3. The van der Waals surface area contributed by atoms with Crippen LogP contribution in [0.25, 0.3) is 10.2 Å². The van der Waals surface area contributed by atoms with Crippen LogP contribution in [0.2, 0.25) is 0 Å². The minimum atomic E-state index is -4.77. The molecule has 0 radical (unpaired) electrons. The summed E-state index contributed by atoms with van der Waals surface area (Å²) in [6, 6.07) is 4.52. The molecule has 0 N–H and O–H groups in total. The number of benzene rings is 1. The Morgan fingerprint density at radius 1 is 1.13 bits per heavy atom. The third-order valence-corrected chi connectivity index (χ3v) is 8.20. The summed E-state index contributed by atoms with van der Waals surface area (Å²) in [5.41, 5.74) is -3.30. The van der Waals surface area contributed by atoms with Gasteiger partial charge in [-0.15, -0.1) is 21.5 Å². The molecule has 3 aromatic heterocycles. The zero-order valence-electron chi connectivity index (χ0n) is 21.6. The van der Waals surface area contributed by atoms with Gasteiger partial charge >= 0.3 is 11.9 Å². The molecule has 0 aliphatic carbocycles. The molecular weight excluding hydrogens is 539 g/mol. The van der Waals surface area contributed by atoms with E-state index in [1.54, 1.807) is 4.57 Å². The summed E-state index contributed by atoms with van der Waals surface area (Å²) in [6.07, 6.45) is -3.26. The maximum Gasteiger partial charge on any atom is 0.417 e. The zero-order valence-corrected chi connectivity index (χ0v) is 23.2. The Balaban J connectivity index is 2.08. The highest BCUT2D eigenvalue weighted by Crippen LogP contribution is 2.42. The number of hydrogen-bond donors (Lipinski definition) is 0. The van der Waals surface area contributed by atoms with E-state index in [2.05, 4.69) is 10.2 Å². The predicted octanol–water partition coefficient (Wildman–Crippen LogP) is 5.17. The number of thiophene rings is 1. The van der Waals surface area contributed by atoms with Gasteiger partial charge in [-0.3, -0.25) is 18.7 Å². The summed E-state index contributed by atoms with van der Waals surface area (Å²) in [6.45, 7) is 9.78. The number of carbonyl (C=O) groups is 1. The van der Waals surface area contributed by atoms with Crippen molar-refractivity contribution in [2.75, 3.05) is 0 Å². The van der Waals surface area contributed by atoms with Crippen LogP contribution in [-0.2, 0) is 25.3 Å². The van der Waals surface area contributed by atoms with E-state index in [0.717, 1.165) is 39.8 Å². The molecule has 0 fully saturated rings. The third-order valence-electron chi connectivity index (χ3n) is 5.79. The fourth-order valence-electron chi connectivity index (χ4n) is 3.97. The lowest BCUT2D eigenvalue weighted by Gasteiger charge is -2.21. The van der Waals surface area contributed by atoms with E-state index in [1.165, 1.54) is 30.1 Å². The number of carbonyl (C=O) groups excluding carboxylic acids is 1. The van der Waals surface area contributed by atoms with Crippen LogP contribution in [0.3, 0.4) is 0 Å². The highest BCUT2D eigenvalue weighted by molar-refractivity contribution is 7.99. The summed E-state index contributed by atoms with van der Waals surface area (Å²) in [5.74, 6) is -0.880. The van der Waals surface area contributed by atoms with E-state index in [9.17, 15) is 27.6 Å². The molecule has 1 aromatic carbocycles. The van der Waals surface area contributed by atoms with Crippen LogP contribution in [0.4, 0.5) is 13.2 Å². The minimum absolute atomic E-state index is 0.0145. The second kappa shape index (κ2) is 9.84. The monoisotopic (exact) mass is 565 g/mol. The number of fused-ring (bicyclic) bond motifs is 1. The summed E-state index contributed by atoms with van der Waals surface area (Å²) in [5, 5.41) is 8.54. The molecular formula is C25H26F3N5O3S2. The Morgan fingerprint density at radius 3 is 2.39 bits per heavy atom. The largest absolute Gasteiger partial charge is 0.417 e. The van der Waals surface area contributed by atoms with E-state index in [-0.39, 0.29) is 32.5 Å². The Labute approximate surface area is 224 Å². The van der Waals surface area contributed by atoms with Crippen molar-refractivity contribution in [2.24, 2.45) is 13.0 Å². The first-order chi connectivity index (χ1) is 17.6. The van der Waals surface area contributed by atoms with Crippen molar-refractivity contribution in [3.63, 3.8) is 0 Å². The lowest BCUT2D eigenvalue weighted by Crippen LogP contribution is -2.38. The molecule has 0 amide bonds. The van der Waals surface area contributed by atoms with Crippen LogP contribution in [-0.4, -0.2) is 29.7 Å². The number of aromatic nitrogens is 5. The summed E-state index contributed by atoms with van der Waals surface area (Å²) >= 11 is 1.81. The van der Waals surface area contributed by atoms with Crippen molar-refractivity contribution in [3.8, 4) is 0 Å². The summed E-state index contributed by atoms with van der Waals surface area (Å²) in [4.78, 5) is 40.6. The van der Waals surface area contributed by atoms with Gasteiger partial charge in [-0.2, -0.15) is 13.2 Å². The molecule has 202 valence electrons. The molecule has 38 heavy (non-hydrogen) atoms. The van der Waals surface area contributed by atoms with E-state index < -0.39 is 39.9 Å². The standard InChI is InChI=1S/C25H26F3N5O3S2/c1-13(2)11-32-21-16(20(35)31(6)23(32)36)18(38-22-30-29-12-33(22)24(3,4)5)19(37-21)17(34)14-9-7-8-10-15(14)25(26,27)28/h7-10,12-13H,11H2,1-6H3. The van der Waals surface area contributed by atoms with Gasteiger partial charge < -0.3 is 4.57 Å². The van der Waals surface area contributed by atoms with E-state index >= 15 is 0 Å². The normalized spacial score (nSPS) is 12.6. The van der Waals surface area contributed by atoms with Crippen LogP contribution in [0.5, 0.6) is 0 Å². The first-order valence-corrected chi connectivity index (χ1v) is 13.3. The van der Waals surface area contributed by atoms with Crippen LogP contribution < -0.4 is 11.2 Å². The number of nitrogens with zero attached hydrogens (tertiary/aromatic N) is 5. The van der Waals surface area contributed by atoms with Gasteiger partial charge in [0.2, 0.25) is 5.78 Å². The summed E-state index contributed by atoms with van der Waals surface area (Å²) in [7, 11) is 1.34. The Hall–Kier alpha value is -3.19. The highest BCUT2D eigenvalue weighted by Gasteiger charge is 2.37. The average Bonchev–Trinajstić information content (AvgIpc) is 3.45. The van der Waals surface area contributed by atoms with Crippen LogP contribution in [0.15, 0.2) is 50.2 Å². The van der Waals surface area contributed by atoms with Crippen LogP contribution >= 0.6 is 23.1 Å². The molecule has 0 saturated carbocycles. The zero-order chi connectivity index (χ0) is 28.2. The van der Waals surface area contributed by atoms with Gasteiger partial charge in [0.25, 0.3) is 5.56 Å². The SMILES string of the molecule is CC(C)Cn1c(=O)n(C)c(=O)c2c(Sc3nncn3C(C)(C)C)c(C(=O)c3ccccc3C(F)(F)F)sc21. The number of ketones is 1. The molecule has 4 rings (SSSR count). The molecule has 3 heterocycles. The average molecular weight is 566 g/mol. The fourth-order valence-corrected chi connectivity index (χ4v) is 6.60. The molecule has 0 aliphatic rings. The van der Waals surface area contributed by atoms with Gasteiger partial charge in [0, 0.05) is 24.7 Å².